The van der Waals surface area contributed by atoms with E-state index in [4.69, 9.17) is 37.9 Å². The first-order chi connectivity index (χ1) is 35.4. The molecule has 0 unspecified atom stereocenters. The summed E-state index contributed by atoms with van der Waals surface area (Å²) in [5.74, 6) is 1.32. The number of aromatic amines is 4. The summed E-state index contributed by atoms with van der Waals surface area (Å²) in [5, 5.41) is 5.43. The molecule has 20 heteroatoms. The number of ether oxygens (including phenoxy) is 3. The number of imidazole rings is 1. The molecule has 15 nitrogen and oxygen atoms in total. The Morgan fingerprint density at radius 3 is 1.85 bits per heavy atom. The van der Waals surface area contributed by atoms with Gasteiger partial charge in [0.1, 0.15) is 0 Å². The average molecular weight is 1040 g/mol. The van der Waals surface area contributed by atoms with Crippen molar-refractivity contribution in [3.8, 4) is 11.5 Å². The Hall–Kier alpha value is -7.93. The van der Waals surface area contributed by atoms with E-state index in [1.807, 2.05) is 54.6 Å². The number of thioether (sulfide) groups is 1. The Morgan fingerprint density at radius 1 is 0.712 bits per heavy atom. The van der Waals surface area contributed by atoms with Crippen LogP contribution in [0, 0.1) is 5.92 Å². The highest BCUT2D eigenvalue weighted by molar-refractivity contribution is 7.99. The molecule has 2 aromatic carbocycles. The molecule has 0 spiro atoms. The van der Waals surface area contributed by atoms with Gasteiger partial charge >= 0.3 is 12.7 Å². The van der Waals surface area contributed by atoms with Crippen molar-refractivity contribution in [1.82, 2.24) is 39.9 Å². The summed E-state index contributed by atoms with van der Waals surface area (Å²) in [4.78, 5) is 55.5. The van der Waals surface area contributed by atoms with Crippen LogP contribution < -0.4 is 20.1 Å². The number of alkyl halides is 2. The van der Waals surface area contributed by atoms with Crippen LogP contribution in [-0.4, -0.2) is 78.0 Å². The van der Waals surface area contributed by atoms with Gasteiger partial charge in [-0.05, 0) is 152 Å². The third-order valence-corrected chi connectivity index (χ3v) is 12.8. The highest BCUT2D eigenvalue weighted by Crippen LogP contribution is 2.35. The highest BCUT2D eigenvalue weighted by Gasteiger charge is 2.24. The second-order valence-corrected chi connectivity index (χ2v) is 18.6. The van der Waals surface area contributed by atoms with Gasteiger partial charge in [0.05, 0.1) is 63.3 Å². The van der Waals surface area contributed by atoms with Crippen LogP contribution in [0.25, 0.3) is 68.4 Å². The summed E-state index contributed by atoms with van der Waals surface area (Å²) in [7, 11) is 1.32. The molecule has 8 aromatic rings. The molecule has 10 bridgehead atoms. The first kappa shape index (κ1) is 50.0. The average Bonchev–Trinajstić information content (AvgIpc) is 4.07. The molecular weight excluding hydrogens is 998 g/mol. The number of anilines is 2. The fraction of sp³-hybridized carbons (Fsp3) is 0.170. The number of nitrogens with one attached hydrogen (secondary N) is 6. The molecular formula is C53H46Cl2F2N10O5S. The number of halogens is 4. The predicted molar refractivity (Wildman–Crippen MR) is 286 cm³/mol. The highest BCUT2D eigenvalue weighted by atomic mass is 35.5. The first-order valence-corrected chi connectivity index (χ1v) is 24.7. The molecule has 8 heterocycles. The van der Waals surface area contributed by atoms with Crippen LogP contribution in [0.4, 0.5) is 25.2 Å². The second-order valence-electron chi connectivity index (χ2n) is 16.7. The van der Waals surface area contributed by atoms with Crippen LogP contribution in [0.15, 0.2) is 114 Å². The van der Waals surface area contributed by atoms with Gasteiger partial charge in [-0.15, -0.1) is 11.8 Å². The molecule has 2 aliphatic heterocycles. The molecule has 2 amide bonds. The number of methoxy groups -OCH3 is 1. The smallest absolute Gasteiger partial charge is 0.413 e. The number of rotatable bonds is 11. The van der Waals surface area contributed by atoms with Gasteiger partial charge in [-0.2, -0.15) is 8.78 Å². The fourth-order valence-corrected chi connectivity index (χ4v) is 8.58. The summed E-state index contributed by atoms with van der Waals surface area (Å²) >= 11 is 13.8. The Balaban J connectivity index is 0.000000139. The van der Waals surface area contributed by atoms with Crippen LogP contribution in [0.2, 0.25) is 10.0 Å². The van der Waals surface area contributed by atoms with Gasteiger partial charge in [0.25, 0.3) is 5.91 Å². The normalized spacial score (nSPS) is 12.4. The van der Waals surface area contributed by atoms with Gasteiger partial charge in [0.15, 0.2) is 11.5 Å². The summed E-state index contributed by atoms with van der Waals surface area (Å²) in [6.45, 7) is -0.459. The number of hydrogen-bond donors (Lipinski definition) is 6. The topological polar surface area (TPSA) is 201 Å². The van der Waals surface area contributed by atoms with Crippen molar-refractivity contribution in [3.05, 3.63) is 148 Å². The third kappa shape index (κ3) is 13.5. The fourth-order valence-electron chi connectivity index (χ4n) is 7.32. The number of nitrogens with zero attached hydrogens (tertiary/aromatic N) is 4. The minimum absolute atomic E-state index is 0.0803. The first-order valence-electron chi connectivity index (χ1n) is 23.0. The molecule has 1 aliphatic carbocycles. The molecule has 372 valence electrons. The molecule has 6 aromatic heterocycles. The minimum Gasteiger partial charge on any atom is -0.489 e. The Morgan fingerprint density at radius 2 is 1.30 bits per heavy atom. The van der Waals surface area contributed by atoms with Gasteiger partial charge in [-0.25, -0.2) is 19.7 Å². The van der Waals surface area contributed by atoms with Crippen molar-refractivity contribution >= 4 is 127 Å². The maximum atomic E-state index is 12.6. The van der Waals surface area contributed by atoms with Crippen LogP contribution in [-0.2, 0) is 4.74 Å². The summed E-state index contributed by atoms with van der Waals surface area (Å²) in [6.07, 6.45) is 13.4. The SMILES string of the molecule is C1=Cc2nc1cc1ccc(cc3ccc(cc4ccc(cc5nc2C=C5)[nH]4)[nH]3)[nH]1.CCCSc1ccc2nc(NC(=O)OC)[nH]c2c1.O=C(Nc1c(Cl)cncc1Cl)c1ccc(OC(F)F)c(OCC2CC2)c1. The van der Waals surface area contributed by atoms with Gasteiger partial charge in [-0.3, -0.25) is 15.1 Å². The van der Waals surface area contributed by atoms with E-state index in [1.54, 1.807) is 11.8 Å². The lowest BCUT2D eigenvalue weighted by Crippen LogP contribution is -2.14. The second kappa shape index (κ2) is 23.1. The lowest BCUT2D eigenvalue weighted by Gasteiger charge is -2.14. The summed E-state index contributed by atoms with van der Waals surface area (Å²) in [5.41, 5.74) is 11.9. The predicted octanol–water partition coefficient (Wildman–Crippen LogP) is 14.0. The molecule has 3 aliphatic rings. The lowest BCUT2D eigenvalue weighted by atomic mass is 10.2. The number of H-pyrrole nitrogens is 4. The van der Waals surface area contributed by atoms with E-state index in [0.29, 0.717) is 18.5 Å². The lowest BCUT2D eigenvalue weighted by molar-refractivity contribution is -0.0515. The van der Waals surface area contributed by atoms with Crippen molar-refractivity contribution in [3.63, 3.8) is 0 Å². The summed E-state index contributed by atoms with van der Waals surface area (Å²) in [6, 6.07) is 30.6. The van der Waals surface area contributed by atoms with E-state index >= 15 is 0 Å². The maximum Gasteiger partial charge on any atom is 0.413 e. The van der Waals surface area contributed by atoms with E-state index in [9.17, 15) is 18.4 Å². The standard InChI is InChI=1S/C24H17N5.C17H14Cl2F2N2O3.C12H15N3O2S/c1-2-16-12-18-4-6-20(27-18)14-22-8-10-24(29-22)23-9-7-21(28-23)13-19-5-3-17(26-19)11-15(1)25-16;18-11-6-22-7-12(19)15(11)23-16(24)10-3-4-13(26-17(20)21)14(5-10)25-8-9-1-2-9;1-3-6-18-8-4-5-9-10(7-8)14-11(13-9)15-12(16)17-2/h1-14,25-27H;3-7,9,17H,1-2,8H2,(H,22,23,24);4-5,7H,3,6H2,1-2H3,(H2,13,14,15,16). The molecule has 0 saturated heterocycles. The molecule has 0 radical (unpaired) electrons. The molecule has 0 atom stereocenters. The monoisotopic (exact) mass is 1040 g/mol. The summed E-state index contributed by atoms with van der Waals surface area (Å²) < 4.78 is 39.6. The number of carbonyl (C=O) groups excluding carboxylic acids is 2. The molecule has 1 fully saturated rings. The Labute approximate surface area is 430 Å². The van der Waals surface area contributed by atoms with E-state index in [1.165, 1.54) is 42.6 Å². The van der Waals surface area contributed by atoms with Crippen molar-refractivity contribution in [2.75, 3.05) is 30.1 Å². The number of carbonyl (C=O) groups is 2. The third-order valence-electron chi connectivity index (χ3n) is 11.0. The Kier molecular flexibility index (Phi) is 15.8. The Bertz CT molecular complexity index is 3460. The van der Waals surface area contributed by atoms with Gasteiger partial charge in [-0.1, -0.05) is 30.1 Å². The zero-order valence-electron chi connectivity index (χ0n) is 39.1. The number of amides is 2. The van der Waals surface area contributed by atoms with E-state index in [2.05, 4.69) is 105 Å². The van der Waals surface area contributed by atoms with Gasteiger partial charge in [0, 0.05) is 56.0 Å². The quantitative estimate of drug-likeness (QED) is 0.0677. The molecule has 6 N–H and O–H groups in total. The van der Waals surface area contributed by atoms with Crippen LogP contribution in [0.5, 0.6) is 11.5 Å². The van der Waals surface area contributed by atoms with Crippen LogP contribution >= 0.6 is 35.0 Å². The van der Waals surface area contributed by atoms with E-state index in [-0.39, 0.29) is 32.8 Å². The number of fused-ring (bicyclic) bond motifs is 12. The number of hydrogen-bond acceptors (Lipinski definition) is 10. The number of benzene rings is 2. The molecule has 1 saturated carbocycles. The zero-order valence-corrected chi connectivity index (χ0v) is 41.5. The number of aromatic nitrogens is 8. The largest absolute Gasteiger partial charge is 0.489 e. The van der Waals surface area contributed by atoms with Crippen molar-refractivity contribution in [2.45, 2.75) is 37.7 Å². The maximum absolute atomic E-state index is 12.6. The van der Waals surface area contributed by atoms with Gasteiger partial charge < -0.3 is 39.5 Å². The van der Waals surface area contributed by atoms with E-state index in [0.717, 1.165) is 91.9 Å². The molecule has 11 rings (SSSR count). The van der Waals surface area contributed by atoms with Crippen molar-refractivity contribution in [1.29, 1.82) is 0 Å². The van der Waals surface area contributed by atoms with Gasteiger partial charge in [0.2, 0.25) is 5.95 Å². The van der Waals surface area contributed by atoms with Crippen LogP contribution in [0.3, 0.4) is 0 Å². The van der Waals surface area contributed by atoms with Crippen molar-refractivity contribution in [2.24, 2.45) is 5.92 Å². The van der Waals surface area contributed by atoms with Crippen LogP contribution in [0.1, 0.15) is 59.3 Å². The zero-order chi connectivity index (χ0) is 50.8. The van der Waals surface area contributed by atoms with Crippen molar-refractivity contribution < 1.29 is 32.6 Å². The minimum atomic E-state index is -2.99. The molecule has 73 heavy (non-hydrogen) atoms. The number of pyridine rings is 1. The van der Waals surface area contributed by atoms with E-state index < -0.39 is 18.6 Å².